The van der Waals surface area contributed by atoms with Gasteiger partial charge in [-0.15, -0.1) is 0 Å². The molecule has 0 aliphatic rings. The number of nitrogens with two attached hydrogens (primary N) is 1. The van der Waals surface area contributed by atoms with Crippen LogP contribution in [0, 0.1) is 5.92 Å². The Hall–Kier alpha value is -0.540. The van der Waals surface area contributed by atoms with Crippen LogP contribution < -0.4 is 5.73 Å². The number of nitrogens with zero attached hydrogens (tertiary/aromatic N) is 1. The lowest BCUT2D eigenvalue weighted by molar-refractivity contribution is 0.189. The molecule has 0 unspecified atom stereocenters. The van der Waals surface area contributed by atoms with Crippen LogP contribution in [0.1, 0.15) is 33.3 Å². The summed E-state index contributed by atoms with van der Waals surface area (Å²) in [5.74, 6) is 0.678. The van der Waals surface area contributed by atoms with Crippen LogP contribution in [-0.4, -0.2) is 17.5 Å². The fourth-order valence-corrected chi connectivity index (χ4v) is 2.23. The average molecular weight is 299 g/mol. The van der Waals surface area contributed by atoms with Crippen molar-refractivity contribution in [1.29, 1.82) is 0 Å². The predicted octanol–water partition coefficient (Wildman–Crippen LogP) is 3.90. The van der Waals surface area contributed by atoms with E-state index in [0.717, 1.165) is 23.2 Å². The normalized spacial score (nSPS) is 11.8. The summed E-state index contributed by atoms with van der Waals surface area (Å²) in [4.78, 5) is 2.48. The zero-order chi connectivity index (χ0) is 13.0. The van der Waals surface area contributed by atoms with Crippen molar-refractivity contribution < 1.29 is 0 Å². The fourth-order valence-electron chi connectivity index (χ4n) is 1.86. The van der Waals surface area contributed by atoms with E-state index in [1.54, 1.807) is 0 Å². The molecule has 2 nitrogen and oxygen atoms in total. The van der Waals surface area contributed by atoms with Crippen LogP contribution in [0.5, 0.6) is 0 Å². The number of rotatable bonds is 5. The van der Waals surface area contributed by atoms with Gasteiger partial charge in [0.05, 0.1) is 0 Å². The van der Waals surface area contributed by atoms with Gasteiger partial charge < -0.3 is 5.73 Å². The molecule has 0 aliphatic carbocycles. The van der Waals surface area contributed by atoms with E-state index < -0.39 is 0 Å². The first-order valence-electron chi connectivity index (χ1n) is 6.18. The molecule has 0 saturated heterocycles. The third-order valence-electron chi connectivity index (χ3n) is 2.77. The number of nitrogen functional groups attached to an aromatic ring is 1. The van der Waals surface area contributed by atoms with Crippen molar-refractivity contribution in [3.8, 4) is 0 Å². The minimum absolute atomic E-state index is 0.547. The molecule has 1 rings (SSSR count). The van der Waals surface area contributed by atoms with Gasteiger partial charge >= 0.3 is 0 Å². The molecule has 0 aromatic heterocycles. The van der Waals surface area contributed by atoms with Crippen molar-refractivity contribution in [3.63, 3.8) is 0 Å². The van der Waals surface area contributed by atoms with Crippen molar-refractivity contribution in [1.82, 2.24) is 4.90 Å². The van der Waals surface area contributed by atoms with Crippen LogP contribution in [0.25, 0.3) is 0 Å². The minimum Gasteiger partial charge on any atom is -0.399 e. The quantitative estimate of drug-likeness (QED) is 0.836. The Morgan fingerprint density at radius 3 is 2.41 bits per heavy atom. The molecule has 0 aliphatic heterocycles. The molecule has 0 fully saturated rings. The first-order valence-corrected chi connectivity index (χ1v) is 6.97. The van der Waals surface area contributed by atoms with Gasteiger partial charge in [0, 0.05) is 29.3 Å². The SMILES string of the molecule is CC(C)CN(Cc1cc(N)ccc1Br)C(C)C. The van der Waals surface area contributed by atoms with E-state index in [4.69, 9.17) is 5.73 Å². The highest BCUT2D eigenvalue weighted by atomic mass is 79.9. The molecule has 0 atom stereocenters. The topological polar surface area (TPSA) is 29.3 Å². The van der Waals surface area contributed by atoms with E-state index in [9.17, 15) is 0 Å². The van der Waals surface area contributed by atoms with Crippen LogP contribution in [0.2, 0.25) is 0 Å². The molecule has 17 heavy (non-hydrogen) atoms. The highest BCUT2D eigenvalue weighted by Crippen LogP contribution is 2.22. The number of anilines is 1. The van der Waals surface area contributed by atoms with E-state index >= 15 is 0 Å². The summed E-state index contributed by atoms with van der Waals surface area (Å²) in [6.45, 7) is 11.0. The van der Waals surface area contributed by atoms with E-state index in [0.29, 0.717) is 12.0 Å². The molecule has 96 valence electrons. The van der Waals surface area contributed by atoms with Crippen LogP contribution in [-0.2, 0) is 6.54 Å². The van der Waals surface area contributed by atoms with Crippen molar-refractivity contribution in [3.05, 3.63) is 28.2 Å². The molecule has 1 aromatic carbocycles. The molecule has 0 saturated carbocycles. The van der Waals surface area contributed by atoms with E-state index in [1.807, 2.05) is 12.1 Å². The zero-order valence-electron chi connectivity index (χ0n) is 11.2. The second kappa shape index (κ2) is 6.41. The van der Waals surface area contributed by atoms with Gasteiger partial charge in [0.25, 0.3) is 0 Å². The first kappa shape index (κ1) is 14.5. The Balaban J connectivity index is 2.81. The molecule has 0 spiro atoms. The van der Waals surface area contributed by atoms with Gasteiger partial charge in [-0.3, -0.25) is 4.90 Å². The monoisotopic (exact) mass is 298 g/mol. The third kappa shape index (κ3) is 4.68. The lowest BCUT2D eigenvalue weighted by Gasteiger charge is -2.28. The van der Waals surface area contributed by atoms with E-state index in [-0.39, 0.29) is 0 Å². The second-order valence-electron chi connectivity index (χ2n) is 5.27. The second-order valence-corrected chi connectivity index (χ2v) is 6.12. The van der Waals surface area contributed by atoms with E-state index in [1.165, 1.54) is 5.56 Å². The van der Waals surface area contributed by atoms with Gasteiger partial charge in [0.15, 0.2) is 0 Å². The summed E-state index contributed by atoms with van der Waals surface area (Å²) < 4.78 is 1.14. The standard InChI is InChI=1S/C14H23BrN2/c1-10(2)8-17(11(3)4)9-12-7-13(16)5-6-14(12)15/h5-7,10-11H,8-9,16H2,1-4H3. The summed E-state index contributed by atoms with van der Waals surface area (Å²) in [5.41, 5.74) is 7.93. The maximum absolute atomic E-state index is 5.84. The van der Waals surface area contributed by atoms with Gasteiger partial charge in [0.1, 0.15) is 0 Å². The molecule has 3 heteroatoms. The minimum atomic E-state index is 0.547. The Labute approximate surface area is 113 Å². The molecule has 0 amide bonds. The third-order valence-corrected chi connectivity index (χ3v) is 3.55. The fraction of sp³-hybridized carbons (Fsp3) is 0.571. The maximum Gasteiger partial charge on any atom is 0.0318 e. The largest absolute Gasteiger partial charge is 0.399 e. The summed E-state index contributed by atoms with van der Waals surface area (Å²) in [7, 11) is 0. The molecule has 0 bridgehead atoms. The zero-order valence-corrected chi connectivity index (χ0v) is 12.8. The number of hydrogen-bond donors (Lipinski definition) is 1. The molecular weight excluding hydrogens is 276 g/mol. The number of halogens is 1. The van der Waals surface area contributed by atoms with Gasteiger partial charge in [0.2, 0.25) is 0 Å². The van der Waals surface area contributed by atoms with Gasteiger partial charge in [-0.25, -0.2) is 0 Å². The van der Waals surface area contributed by atoms with Crippen LogP contribution in [0.3, 0.4) is 0 Å². The van der Waals surface area contributed by atoms with E-state index in [2.05, 4.69) is 54.6 Å². The predicted molar refractivity (Wildman–Crippen MR) is 78.9 cm³/mol. The van der Waals surface area contributed by atoms with Crippen LogP contribution >= 0.6 is 15.9 Å². The Bertz CT molecular complexity index is 361. The summed E-state index contributed by atoms with van der Waals surface area (Å²) in [6, 6.07) is 6.55. The lowest BCUT2D eigenvalue weighted by atomic mass is 10.1. The molecular formula is C14H23BrN2. The summed E-state index contributed by atoms with van der Waals surface area (Å²) in [6.07, 6.45) is 0. The Kier molecular flexibility index (Phi) is 5.47. The average Bonchev–Trinajstić information content (AvgIpc) is 2.21. The Morgan fingerprint density at radius 1 is 1.24 bits per heavy atom. The highest BCUT2D eigenvalue weighted by Gasteiger charge is 2.13. The number of hydrogen-bond acceptors (Lipinski definition) is 2. The number of benzene rings is 1. The van der Waals surface area contributed by atoms with Crippen molar-refractivity contribution in [2.75, 3.05) is 12.3 Å². The molecule has 0 radical (unpaired) electrons. The van der Waals surface area contributed by atoms with Crippen LogP contribution in [0.4, 0.5) is 5.69 Å². The maximum atomic E-state index is 5.84. The van der Waals surface area contributed by atoms with Crippen molar-refractivity contribution >= 4 is 21.6 Å². The van der Waals surface area contributed by atoms with Gasteiger partial charge in [-0.2, -0.15) is 0 Å². The molecule has 1 aromatic rings. The Morgan fingerprint density at radius 2 is 1.88 bits per heavy atom. The molecule has 0 heterocycles. The van der Waals surface area contributed by atoms with Gasteiger partial charge in [-0.05, 0) is 43.5 Å². The molecule has 2 N–H and O–H groups in total. The lowest BCUT2D eigenvalue weighted by Crippen LogP contribution is -2.33. The van der Waals surface area contributed by atoms with Crippen molar-refractivity contribution in [2.24, 2.45) is 5.92 Å². The highest BCUT2D eigenvalue weighted by molar-refractivity contribution is 9.10. The smallest absolute Gasteiger partial charge is 0.0318 e. The van der Waals surface area contributed by atoms with Gasteiger partial charge in [-0.1, -0.05) is 29.8 Å². The summed E-state index contributed by atoms with van der Waals surface area (Å²) in [5, 5.41) is 0. The first-order chi connectivity index (χ1) is 7.90. The van der Waals surface area contributed by atoms with Crippen LogP contribution in [0.15, 0.2) is 22.7 Å². The van der Waals surface area contributed by atoms with Crippen molar-refractivity contribution in [2.45, 2.75) is 40.3 Å². The summed E-state index contributed by atoms with van der Waals surface area (Å²) >= 11 is 3.59.